The molecule has 3 heterocycles. The van der Waals surface area contributed by atoms with Crippen LogP contribution in [0.15, 0.2) is 6.07 Å². The van der Waals surface area contributed by atoms with Crippen molar-refractivity contribution in [1.29, 1.82) is 0 Å². The highest BCUT2D eigenvalue weighted by molar-refractivity contribution is 5.74. The van der Waals surface area contributed by atoms with Crippen LogP contribution >= 0.6 is 0 Å². The van der Waals surface area contributed by atoms with Gasteiger partial charge in [0.05, 0.1) is 12.2 Å². The maximum Gasteiger partial charge on any atom is 0.315 e. The molecule has 0 aromatic carbocycles. The van der Waals surface area contributed by atoms with E-state index < -0.39 is 0 Å². The molecule has 2 aliphatic heterocycles. The molecule has 0 radical (unpaired) electrons. The minimum Gasteiger partial charge on any atom is -0.335 e. The molecule has 2 fully saturated rings. The molecule has 0 saturated carbocycles. The molecule has 3 rings (SSSR count). The molecular formula is C18H31N5O. The first-order valence-corrected chi connectivity index (χ1v) is 9.22. The van der Waals surface area contributed by atoms with Gasteiger partial charge in [0.25, 0.3) is 0 Å². The molecule has 2 amide bonds. The van der Waals surface area contributed by atoms with Gasteiger partial charge in [-0.05, 0) is 59.6 Å². The lowest BCUT2D eigenvalue weighted by Gasteiger charge is -2.47. The number of hydrogen-bond donors (Lipinski definition) is 2. The Kier molecular flexibility index (Phi) is 5.13. The highest BCUT2D eigenvalue weighted by Crippen LogP contribution is 2.32. The Bertz CT molecular complexity index is 570. The minimum atomic E-state index is -0.0448. The average molecular weight is 333 g/mol. The molecule has 2 saturated heterocycles. The largest absolute Gasteiger partial charge is 0.335 e. The summed E-state index contributed by atoms with van der Waals surface area (Å²) in [6.45, 7) is 6.76. The summed E-state index contributed by atoms with van der Waals surface area (Å²) >= 11 is 0. The number of aryl methyl sites for hydroxylation is 2. The number of urea groups is 1. The molecule has 24 heavy (non-hydrogen) atoms. The number of carbonyl (C=O) groups excluding carboxylic acids is 1. The van der Waals surface area contributed by atoms with E-state index in [0.29, 0.717) is 24.7 Å². The maximum atomic E-state index is 12.3. The number of carbonyl (C=O) groups is 1. The van der Waals surface area contributed by atoms with Crippen LogP contribution in [-0.2, 0) is 6.54 Å². The van der Waals surface area contributed by atoms with E-state index in [0.717, 1.165) is 24.2 Å². The Labute approximate surface area is 145 Å². The van der Waals surface area contributed by atoms with Gasteiger partial charge in [-0.2, -0.15) is 5.10 Å². The number of piperidine rings is 2. The summed E-state index contributed by atoms with van der Waals surface area (Å²) in [4.78, 5) is 14.9. The second-order valence-electron chi connectivity index (χ2n) is 7.70. The second-order valence-corrected chi connectivity index (χ2v) is 7.70. The highest BCUT2D eigenvalue weighted by atomic mass is 16.2. The SMILES string of the molecule is Cc1cc(C)n(C[C@@H](C)NC(=O)NC2C[C@H]3CCC[C@@H](C2)N3C)n1. The zero-order valence-corrected chi connectivity index (χ0v) is 15.4. The minimum absolute atomic E-state index is 0.0448. The van der Waals surface area contributed by atoms with E-state index >= 15 is 0 Å². The first kappa shape index (κ1) is 17.3. The molecule has 1 aromatic heterocycles. The first-order chi connectivity index (χ1) is 11.4. The number of nitrogens with one attached hydrogen (secondary N) is 2. The second kappa shape index (κ2) is 7.13. The van der Waals surface area contributed by atoms with Crippen LogP contribution in [-0.4, -0.2) is 51.9 Å². The molecule has 0 aliphatic carbocycles. The quantitative estimate of drug-likeness (QED) is 0.888. The first-order valence-electron chi connectivity index (χ1n) is 9.22. The van der Waals surface area contributed by atoms with Gasteiger partial charge in [0.2, 0.25) is 0 Å². The topological polar surface area (TPSA) is 62.2 Å². The van der Waals surface area contributed by atoms with Crippen molar-refractivity contribution in [2.45, 2.75) is 83.6 Å². The number of aromatic nitrogens is 2. The number of fused-ring (bicyclic) bond motifs is 2. The number of amides is 2. The molecule has 2 aliphatic rings. The van der Waals surface area contributed by atoms with Crippen molar-refractivity contribution < 1.29 is 4.79 Å². The summed E-state index contributed by atoms with van der Waals surface area (Å²) in [6.07, 6.45) is 6.01. The molecule has 0 spiro atoms. The monoisotopic (exact) mass is 333 g/mol. The van der Waals surface area contributed by atoms with Crippen LogP contribution in [0, 0.1) is 13.8 Å². The Balaban J connectivity index is 1.48. The van der Waals surface area contributed by atoms with Crippen LogP contribution in [0.1, 0.15) is 50.4 Å². The summed E-state index contributed by atoms with van der Waals surface area (Å²) < 4.78 is 1.96. The van der Waals surface area contributed by atoms with Crippen LogP contribution in [0.25, 0.3) is 0 Å². The molecule has 2 bridgehead atoms. The Morgan fingerprint density at radius 2 is 2.00 bits per heavy atom. The van der Waals surface area contributed by atoms with E-state index in [1.54, 1.807) is 0 Å². The summed E-state index contributed by atoms with van der Waals surface area (Å²) in [7, 11) is 2.24. The molecule has 2 N–H and O–H groups in total. The van der Waals surface area contributed by atoms with Gasteiger partial charge in [-0.15, -0.1) is 0 Å². The number of rotatable bonds is 4. The van der Waals surface area contributed by atoms with Gasteiger partial charge < -0.3 is 15.5 Å². The van der Waals surface area contributed by atoms with Crippen LogP contribution in [0.5, 0.6) is 0 Å². The number of hydrogen-bond acceptors (Lipinski definition) is 3. The van der Waals surface area contributed by atoms with Gasteiger partial charge in [0.1, 0.15) is 0 Å². The van der Waals surface area contributed by atoms with Crippen molar-refractivity contribution in [3.63, 3.8) is 0 Å². The molecule has 4 atom stereocenters. The Hall–Kier alpha value is -1.56. The van der Waals surface area contributed by atoms with Crippen molar-refractivity contribution in [2.75, 3.05) is 7.05 Å². The van der Waals surface area contributed by atoms with E-state index in [4.69, 9.17) is 0 Å². The van der Waals surface area contributed by atoms with Gasteiger partial charge in [0.15, 0.2) is 0 Å². The Morgan fingerprint density at radius 1 is 1.33 bits per heavy atom. The van der Waals surface area contributed by atoms with Gasteiger partial charge in [0, 0.05) is 29.9 Å². The Morgan fingerprint density at radius 3 is 2.58 bits per heavy atom. The normalized spacial score (nSPS) is 28.4. The fraction of sp³-hybridized carbons (Fsp3) is 0.778. The van der Waals surface area contributed by atoms with Crippen molar-refractivity contribution in [1.82, 2.24) is 25.3 Å². The maximum absolute atomic E-state index is 12.3. The lowest BCUT2D eigenvalue weighted by atomic mass is 9.82. The molecule has 1 unspecified atom stereocenters. The van der Waals surface area contributed by atoms with E-state index in [1.165, 1.54) is 19.3 Å². The van der Waals surface area contributed by atoms with Crippen molar-refractivity contribution in [3.05, 3.63) is 17.5 Å². The molecule has 1 aromatic rings. The van der Waals surface area contributed by atoms with Crippen molar-refractivity contribution >= 4 is 6.03 Å². The smallest absolute Gasteiger partial charge is 0.315 e. The van der Waals surface area contributed by atoms with E-state index in [1.807, 2.05) is 25.5 Å². The summed E-state index contributed by atoms with van der Waals surface area (Å²) in [6, 6.07) is 3.64. The van der Waals surface area contributed by atoms with Gasteiger partial charge in [-0.1, -0.05) is 6.42 Å². The van der Waals surface area contributed by atoms with E-state index in [-0.39, 0.29) is 12.1 Å². The fourth-order valence-electron chi connectivity index (χ4n) is 4.35. The van der Waals surface area contributed by atoms with E-state index in [2.05, 4.69) is 33.7 Å². The molecule has 6 nitrogen and oxygen atoms in total. The third-order valence-corrected chi connectivity index (χ3v) is 5.60. The van der Waals surface area contributed by atoms with Crippen LogP contribution in [0.2, 0.25) is 0 Å². The predicted molar refractivity (Wildman–Crippen MR) is 95.0 cm³/mol. The zero-order chi connectivity index (χ0) is 17.3. The molecule has 134 valence electrons. The molecular weight excluding hydrogens is 302 g/mol. The average Bonchev–Trinajstić information content (AvgIpc) is 2.77. The van der Waals surface area contributed by atoms with Crippen molar-refractivity contribution in [2.24, 2.45) is 0 Å². The zero-order valence-electron chi connectivity index (χ0n) is 15.4. The standard InChI is InChI=1S/C18H31N5O/c1-12-8-14(3)23(21-12)11-13(2)19-18(24)20-15-9-16-6-5-7-17(10-15)22(16)4/h8,13,15-17H,5-7,9-11H2,1-4H3,(H2,19,20,24)/t13-,15?,16-,17+/m1/s1. The van der Waals surface area contributed by atoms with Gasteiger partial charge in [-0.25, -0.2) is 4.79 Å². The lowest BCUT2D eigenvalue weighted by molar-refractivity contribution is 0.0508. The van der Waals surface area contributed by atoms with Crippen molar-refractivity contribution in [3.8, 4) is 0 Å². The molecule has 6 heteroatoms. The van der Waals surface area contributed by atoms with Gasteiger partial charge in [-0.3, -0.25) is 4.68 Å². The predicted octanol–water partition coefficient (Wildman–Crippen LogP) is 2.20. The van der Waals surface area contributed by atoms with E-state index in [9.17, 15) is 4.79 Å². The fourth-order valence-corrected chi connectivity index (χ4v) is 4.35. The van der Waals surface area contributed by atoms with Crippen LogP contribution in [0.4, 0.5) is 4.79 Å². The van der Waals surface area contributed by atoms with Gasteiger partial charge >= 0.3 is 6.03 Å². The summed E-state index contributed by atoms with van der Waals surface area (Å²) in [5, 5.41) is 10.7. The summed E-state index contributed by atoms with van der Waals surface area (Å²) in [5.41, 5.74) is 2.15. The third-order valence-electron chi connectivity index (χ3n) is 5.60. The van der Waals surface area contributed by atoms with Crippen LogP contribution < -0.4 is 10.6 Å². The third kappa shape index (κ3) is 3.91. The van der Waals surface area contributed by atoms with Crippen LogP contribution in [0.3, 0.4) is 0 Å². The summed E-state index contributed by atoms with van der Waals surface area (Å²) in [5.74, 6) is 0. The number of nitrogens with zero attached hydrogens (tertiary/aromatic N) is 3. The lowest BCUT2D eigenvalue weighted by Crippen LogP contribution is -2.57. The highest BCUT2D eigenvalue weighted by Gasteiger charge is 2.36.